The first-order valence-corrected chi connectivity index (χ1v) is 5.10. The van der Waals surface area contributed by atoms with Gasteiger partial charge in [-0.3, -0.25) is 4.79 Å². The van der Waals surface area contributed by atoms with Gasteiger partial charge in [0, 0.05) is 7.05 Å². The summed E-state index contributed by atoms with van der Waals surface area (Å²) in [7, 11) is 1.73. The van der Waals surface area contributed by atoms with E-state index in [9.17, 15) is 4.79 Å². The van der Waals surface area contributed by atoms with E-state index in [0.29, 0.717) is 11.4 Å². The molecule has 0 aliphatic carbocycles. The maximum atomic E-state index is 12.1. The molecule has 6 nitrogen and oxygen atoms in total. The fraction of sp³-hybridized carbons (Fsp3) is 0.0909. The van der Waals surface area contributed by atoms with Gasteiger partial charge in [0.1, 0.15) is 0 Å². The number of benzene rings is 1. The molecule has 3 aromatic rings. The van der Waals surface area contributed by atoms with Crippen molar-refractivity contribution in [2.45, 2.75) is 0 Å². The monoisotopic (exact) mass is 227 g/mol. The summed E-state index contributed by atoms with van der Waals surface area (Å²) < 4.78 is 1.59. The second kappa shape index (κ2) is 3.51. The van der Waals surface area contributed by atoms with Crippen molar-refractivity contribution in [3.63, 3.8) is 0 Å². The first-order valence-electron chi connectivity index (χ1n) is 5.10. The maximum absolute atomic E-state index is 12.1. The van der Waals surface area contributed by atoms with Crippen LogP contribution in [0.2, 0.25) is 0 Å². The molecule has 0 fully saturated rings. The number of fused-ring (bicyclic) bond motifs is 1. The van der Waals surface area contributed by atoms with Crippen molar-refractivity contribution in [2.75, 3.05) is 0 Å². The number of para-hydroxylation sites is 1. The SMILES string of the molecule is Cn1c(=O)c(-c2nnn[nH]2)cc2ccccc21. The van der Waals surface area contributed by atoms with Crippen molar-refractivity contribution in [1.82, 2.24) is 25.2 Å². The zero-order valence-electron chi connectivity index (χ0n) is 9.08. The summed E-state index contributed by atoms with van der Waals surface area (Å²) in [6.07, 6.45) is 0. The van der Waals surface area contributed by atoms with E-state index in [1.54, 1.807) is 17.7 Å². The molecule has 3 rings (SSSR count). The molecule has 0 amide bonds. The van der Waals surface area contributed by atoms with Crippen LogP contribution in [-0.4, -0.2) is 25.2 Å². The van der Waals surface area contributed by atoms with Gasteiger partial charge in [0.25, 0.3) is 5.56 Å². The predicted molar refractivity (Wildman–Crippen MR) is 62.4 cm³/mol. The van der Waals surface area contributed by atoms with Gasteiger partial charge in [-0.05, 0) is 27.9 Å². The molecule has 6 heteroatoms. The molecule has 0 aliphatic rings. The van der Waals surface area contributed by atoms with Gasteiger partial charge in [0.15, 0.2) is 5.82 Å². The number of aromatic nitrogens is 5. The molecule has 84 valence electrons. The van der Waals surface area contributed by atoms with Crippen molar-refractivity contribution in [3.05, 3.63) is 40.7 Å². The quantitative estimate of drug-likeness (QED) is 0.664. The molecular weight excluding hydrogens is 218 g/mol. The highest BCUT2D eigenvalue weighted by Crippen LogP contribution is 2.16. The van der Waals surface area contributed by atoms with Crippen molar-refractivity contribution >= 4 is 10.9 Å². The lowest BCUT2D eigenvalue weighted by molar-refractivity contribution is 0.881. The van der Waals surface area contributed by atoms with Crippen LogP contribution in [0.5, 0.6) is 0 Å². The fourth-order valence-electron chi connectivity index (χ4n) is 1.87. The summed E-state index contributed by atoms with van der Waals surface area (Å²) in [5.41, 5.74) is 1.23. The number of rotatable bonds is 1. The van der Waals surface area contributed by atoms with Crippen molar-refractivity contribution in [1.29, 1.82) is 0 Å². The summed E-state index contributed by atoms with van der Waals surface area (Å²) in [6, 6.07) is 9.47. The maximum Gasteiger partial charge on any atom is 0.261 e. The highest BCUT2D eigenvalue weighted by molar-refractivity contribution is 5.82. The molecule has 1 N–H and O–H groups in total. The van der Waals surface area contributed by atoms with E-state index in [1.165, 1.54) is 0 Å². The van der Waals surface area contributed by atoms with Crippen LogP contribution >= 0.6 is 0 Å². The molecule has 0 radical (unpaired) electrons. The van der Waals surface area contributed by atoms with Gasteiger partial charge in [0.2, 0.25) is 0 Å². The van der Waals surface area contributed by atoms with Gasteiger partial charge in [0.05, 0.1) is 11.1 Å². The minimum atomic E-state index is -0.123. The Morgan fingerprint density at radius 2 is 2.12 bits per heavy atom. The molecule has 2 heterocycles. The van der Waals surface area contributed by atoms with Crippen LogP contribution in [0.1, 0.15) is 0 Å². The molecule has 0 aliphatic heterocycles. The van der Waals surface area contributed by atoms with Crippen LogP contribution in [0.4, 0.5) is 0 Å². The normalized spacial score (nSPS) is 10.9. The van der Waals surface area contributed by atoms with Gasteiger partial charge < -0.3 is 4.57 Å². The Kier molecular flexibility index (Phi) is 2.01. The van der Waals surface area contributed by atoms with Gasteiger partial charge in [-0.1, -0.05) is 18.2 Å². The Labute approximate surface area is 95.9 Å². The standard InChI is InChI=1S/C11H9N5O/c1-16-9-5-3-2-4-7(9)6-8(11(16)17)10-12-14-15-13-10/h2-6H,1H3,(H,12,13,14,15). The van der Waals surface area contributed by atoms with Crippen molar-refractivity contribution < 1.29 is 0 Å². The lowest BCUT2D eigenvalue weighted by Crippen LogP contribution is -2.19. The lowest BCUT2D eigenvalue weighted by atomic mass is 10.1. The Morgan fingerprint density at radius 3 is 2.88 bits per heavy atom. The van der Waals surface area contributed by atoms with Crippen LogP contribution < -0.4 is 5.56 Å². The number of hydrogen-bond donors (Lipinski definition) is 1. The summed E-state index contributed by atoms with van der Waals surface area (Å²) >= 11 is 0. The van der Waals surface area contributed by atoms with E-state index in [-0.39, 0.29) is 5.56 Å². The Balaban J connectivity index is 2.42. The second-order valence-corrected chi connectivity index (χ2v) is 3.73. The van der Waals surface area contributed by atoms with E-state index >= 15 is 0 Å². The highest BCUT2D eigenvalue weighted by Gasteiger charge is 2.10. The Morgan fingerprint density at radius 1 is 1.29 bits per heavy atom. The highest BCUT2D eigenvalue weighted by atomic mass is 16.1. The minimum absolute atomic E-state index is 0.123. The summed E-state index contributed by atoms with van der Waals surface area (Å²) in [4.78, 5) is 12.1. The Hall–Kier alpha value is -2.50. The first kappa shape index (κ1) is 9.71. The Bertz CT molecular complexity index is 729. The first-order chi connectivity index (χ1) is 8.27. The average molecular weight is 227 g/mol. The number of tetrazole rings is 1. The number of pyridine rings is 1. The third kappa shape index (κ3) is 1.42. The smallest absolute Gasteiger partial charge is 0.261 e. The van der Waals surface area contributed by atoms with Crippen molar-refractivity contribution in [3.8, 4) is 11.4 Å². The largest absolute Gasteiger partial charge is 0.311 e. The van der Waals surface area contributed by atoms with Gasteiger partial charge in [-0.25, -0.2) is 5.10 Å². The molecule has 17 heavy (non-hydrogen) atoms. The average Bonchev–Trinajstić information content (AvgIpc) is 2.87. The van der Waals surface area contributed by atoms with Gasteiger partial charge >= 0.3 is 0 Å². The van der Waals surface area contributed by atoms with Crippen LogP contribution in [0.25, 0.3) is 22.3 Å². The lowest BCUT2D eigenvalue weighted by Gasteiger charge is -2.06. The summed E-state index contributed by atoms with van der Waals surface area (Å²) in [6.45, 7) is 0. The van der Waals surface area contributed by atoms with Crippen LogP contribution in [0.3, 0.4) is 0 Å². The summed E-state index contributed by atoms with van der Waals surface area (Å²) in [5, 5.41) is 14.3. The van der Waals surface area contributed by atoms with Gasteiger partial charge in [-0.15, -0.1) is 5.10 Å². The fourth-order valence-corrected chi connectivity index (χ4v) is 1.87. The molecule has 0 saturated carbocycles. The second-order valence-electron chi connectivity index (χ2n) is 3.73. The zero-order chi connectivity index (χ0) is 11.8. The van der Waals surface area contributed by atoms with Crippen molar-refractivity contribution in [2.24, 2.45) is 7.05 Å². The number of aromatic amines is 1. The third-order valence-electron chi connectivity index (χ3n) is 2.73. The molecular formula is C11H9N5O. The number of nitrogens with one attached hydrogen (secondary N) is 1. The molecule has 0 spiro atoms. The van der Waals surface area contributed by atoms with Crippen LogP contribution in [0, 0.1) is 0 Å². The molecule has 0 atom stereocenters. The minimum Gasteiger partial charge on any atom is -0.311 e. The third-order valence-corrected chi connectivity index (χ3v) is 2.73. The predicted octanol–water partition coefficient (Wildman–Crippen LogP) is 0.719. The van der Waals surface area contributed by atoms with E-state index in [1.807, 2.05) is 24.3 Å². The molecule has 1 aromatic carbocycles. The molecule has 0 unspecified atom stereocenters. The van der Waals surface area contributed by atoms with Gasteiger partial charge in [-0.2, -0.15) is 0 Å². The van der Waals surface area contributed by atoms with Crippen LogP contribution in [0.15, 0.2) is 35.1 Å². The number of aryl methyl sites for hydroxylation is 1. The molecule has 0 bridgehead atoms. The van der Waals surface area contributed by atoms with Crippen LogP contribution in [-0.2, 0) is 7.05 Å². The van der Waals surface area contributed by atoms with E-state index in [2.05, 4.69) is 20.6 Å². The molecule has 0 saturated heterocycles. The van der Waals surface area contributed by atoms with E-state index < -0.39 is 0 Å². The summed E-state index contributed by atoms with van der Waals surface area (Å²) in [5.74, 6) is 0.386. The molecule has 2 aromatic heterocycles. The number of hydrogen-bond acceptors (Lipinski definition) is 4. The number of H-pyrrole nitrogens is 1. The zero-order valence-corrected chi connectivity index (χ0v) is 9.08. The van der Waals surface area contributed by atoms with E-state index in [4.69, 9.17) is 0 Å². The topological polar surface area (TPSA) is 76.5 Å². The van der Waals surface area contributed by atoms with E-state index in [0.717, 1.165) is 10.9 Å². The number of nitrogens with zero attached hydrogens (tertiary/aromatic N) is 4.